The van der Waals surface area contributed by atoms with E-state index in [4.69, 9.17) is 4.52 Å². The summed E-state index contributed by atoms with van der Waals surface area (Å²) in [6, 6.07) is 15.7. The summed E-state index contributed by atoms with van der Waals surface area (Å²) < 4.78 is 34.8. The largest absolute Gasteiger partial charge is 0.480 e. The number of hydrogen-bond acceptors (Lipinski definition) is 6. The number of hydrogen-bond donors (Lipinski definition) is 2. The molecular weight excluding hydrogens is 508 g/mol. The minimum absolute atomic E-state index is 0.0517. The third-order valence-corrected chi connectivity index (χ3v) is 5.98. The number of nitrogens with zero attached hydrogens (tertiary/aromatic N) is 4. The zero-order valence-corrected chi connectivity index (χ0v) is 20.5. The Balaban J connectivity index is 1.28. The van der Waals surface area contributed by atoms with E-state index in [9.17, 15) is 23.5 Å². The molecule has 1 atom stereocenters. The SMILES string of the molecule is Cc1ccc(-c2nc(-c3ccc(CC(NC(=O)c4cnn(-c5ccc(F)cc5)c4)C(=O)O)cc3F)no2)cc1. The van der Waals surface area contributed by atoms with Gasteiger partial charge < -0.3 is 14.9 Å². The van der Waals surface area contributed by atoms with Crippen LogP contribution in [0, 0.1) is 18.6 Å². The lowest BCUT2D eigenvalue weighted by Gasteiger charge is -2.14. The van der Waals surface area contributed by atoms with Gasteiger partial charge in [-0.25, -0.2) is 18.3 Å². The number of aromatic nitrogens is 4. The molecule has 0 aliphatic carbocycles. The summed E-state index contributed by atoms with van der Waals surface area (Å²) >= 11 is 0. The number of aryl methyl sites for hydroxylation is 1. The van der Waals surface area contributed by atoms with Gasteiger partial charge in [-0.15, -0.1) is 0 Å². The molecule has 2 N–H and O–H groups in total. The molecule has 0 fully saturated rings. The van der Waals surface area contributed by atoms with Crippen LogP contribution in [-0.4, -0.2) is 42.9 Å². The number of aliphatic carboxylic acids is 1. The molecule has 11 heteroatoms. The number of nitrogens with one attached hydrogen (secondary N) is 1. The van der Waals surface area contributed by atoms with Crippen LogP contribution in [0.1, 0.15) is 21.5 Å². The summed E-state index contributed by atoms with van der Waals surface area (Å²) in [6.07, 6.45) is 2.48. The summed E-state index contributed by atoms with van der Waals surface area (Å²) in [7, 11) is 0. The molecule has 0 saturated heterocycles. The van der Waals surface area contributed by atoms with Crippen LogP contribution in [0.4, 0.5) is 8.78 Å². The van der Waals surface area contributed by atoms with Crippen LogP contribution in [0.3, 0.4) is 0 Å². The minimum atomic E-state index is -1.34. The van der Waals surface area contributed by atoms with E-state index in [1.54, 1.807) is 0 Å². The van der Waals surface area contributed by atoms with Crippen LogP contribution in [0.25, 0.3) is 28.5 Å². The van der Waals surface area contributed by atoms with Gasteiger partial charge in [0.25, 0.3) is 11.8 Å². The first-order valence-electron chi connectivity index (χ1n) is 11.8. The Hall–Kier alpha value is -5.19. The summed E-state index contributed by atoms with van der Waals surface area (Å²) in [6.45, 7) is 1.95. The van der Waals surface area contributed by atoms with Gasteiger partial charge in [-0.05, 0) is 61.0 Å². The first-order valence-corrected chi connectivity index (χ1v) is 11.8. The standard InChI is InChI=1S/C28H21F2N5O4/c1-16-2-5-18(6-3-16)27-33-25(34-39-27)22-11-4-17(12-23(22)30)13-24(28(37)38)32-26(36)19-14-31-35(15-19)21-9-7-20(29)8-10-21/h2-12,14-15,24H,13H2,1H3,(H,32,36)(H,37,38). The predicted octanol–water partition coefficient (Wildman–Crippen LogP) is 4.60. The van der Waals surface area contributed by atoms with Gasteiger partial charge in [0.2, 0.25) is 5.82 Å². The Morgan fingerprint density at radius 1 is 1.05 bits per heavy atom. The van der Waals surface area contributed by atoms with E-state index in [-0.39, 0.29) is 29.3 Å². The maximum Gasteiger partial charge on any atom is 0.326 e. The fraction of sp³-hybridized carbons (Fsp3) is 0.107. The van der Waals surface area contributed by atoms with Crippen molar-refractivity contribution >= 4 is 11.9 Å². The van der Waals surface area contributed by atoms with Crippen LogP contribution in [0.15, 0.2) is 83.6 Å². The predicted molar refractivity (Wildman–Crippen MR) is 136 cm³/mol. The smallest absolute Gasteiger partial charge is 0.326 e. The Morgan fingerprint density at radius 2 is 1.79 bits per heavy atom. The molecule has 3 aromatic carbocycles. The zero-order valence-electron chi connectivity index (χ0n) is 20.5. The van der Waals surface area contributed by atoms with Crippen LogP contribution in [-0.2, 0) is 11.2 Å². The highest BCUT2D eigenvalue weighted by atomic mass is 19.1. The van der Waals surface area contributed by atoms with Crippen molar-refractivity contribution in [1.82, 2.24) is 25.2 Å². The molecule has 2 heterocycles. The molecule has 0 bridgehead atoms. The lowest BCUT2D eigenvalue weighted by Crippen LogP contribution is -2.42. The lowest BCUT2D eigenvalue weighted by atomic mass is 10.0. The maximum absolute atomic E-state index is 15.0. The van der Waals surface area contributed by atoms with Crippen molar-refractivity contribution in [2.75, 3.05) is 0 Å². The minimum Gasteiger partial charge on any atom is -0.480 e. The van der Waals surface area contributed by atoms with Gasteiger partial charge in [-0.1, -0.05) is 28.9 Å². The van der Waals surface area contributed by atoms with Crippen molar-refractivity contribution in [2.45, 2.75) is 19.4 Å². The molecule has 5 aromatic rings. The van der Waals surface area contributed by atoms with Gasteiger partial charge in [-0.3, -0.25) is 4.79 Å². The van der Waals surface area contributed by atoms with Gasteiger partial charge in [-0.2, -0.15) is 10.1 Å². The Morgan fingerprint density at radius 3 is 2.49 bits per heavy atom. The number of halogens is 2. The van der Waals surface area contributed by atoms with E-state index in [1.807, 2.05) is 31.2 Å². The van der Waals surface area contributed by atoms with Crippen molar-refractivity contribution in [3.63, 3.8) is 0 Å². The summed E-state index contributed by atoms with van der Waals surface area (Å²) in [5, 5.41) is 20.0. The second kappa shape index (κ2) is 10.7. The average molecular weight is 530 g/mol. The molecule has 2 aromatic heterocycles. The van der Waals surface area contributed by atoms with E-state index >= 15 is 0 Å². The highest BCUT2D eigenvalue weighted by Gasteiger charge is 2.23. The monoisotopic (exact) mass is 529 g/mol. The number of carboxylic acids is 1. The number of carbonyl (C=O) groups excluding carboxylic acids is 1. The summed E-state index contributed by atoms with van der Waals surface area (Å²) in [4.78, 5) is 28.8. The van der Waals surface area contributed by atoms with E-state index in [0.717, 1.165) is 5.56 Å². The molecular formula is C28H21F2N5O4. The van der Waals surface area contributed by atoms with E-state index in [2.05, 4.69) is 20.6 Å². The van der Waals surface area contributed by atoms with Crippen molar-refractivity contribution in [3.05, 3.63) is 107 Å². The molecule has 1 amide bonds. The average Bonchev–Trinajstić information content (AvgIpc) is 3.60. The van der Waals surface area contributed by atoms with Crippen molar-refractivity contribution in [1.29, 1.82) is 0 Å². The van der Waals surface area contributed by atoms with Gasteiger partial charge in [0.15, 0.2) is 0 Å². The number of rotatable bonds is 8. The number of amides is 1. The lowest BCUT2D eigenvalue weighted by molar-refractivity contribution is -0.139. The highest BCUT2D eigenvalue weighted by molar-refractivity contribution is 5.96. The molecule has 1 unspecified atom stereocenters. The Kier molecular flexibility index (Phi) is 6.96. The van der Waals surface area contributed by atoms with E-state index in [0.29, 0.717) is 16.8 Å². The number of carboxylic acid groups (broad SMARTS) is 1. The Labute approximate surface area is 220 Å². The highest BCUT2D eigenvalue weighted by Crippen LogP contribution is 2.25. The second-order valence-electron chi connectivity index (χ2n) is 8.82. The number of carbonyl (C=O) groups is 2. The molecule has 0 spiro atoms. The van der Waals surface area contributed by atoms with Crippen LogP contribution < -0.4 is 5.32 Å². The normalized spacial score (nSPS) is 11.8. The molecule has 0 aliphatic rings. The van der Waals surface area contributed by atoms with Crippen molar-refractivity contribution in [3.8, 4) is 28.5 Å². The van der Waals surface area contributed by atoms with Gasteiger partial charge in [0.05, 0.1) is 23.0 Å². The third kappa shape index (κ3) is 5.72. The zero-order chi connectivity index (χ0) is 27.5. The fourth-order valence-electron chi connectivity index (χ4n) is 3.87. The Bertz CT molecular complexity index is 1650. The van der Waals surface area contributed by atoms with Gasteiger partial charge >= 0.3 is 5.97 Å². The molecule has 39 heavy (non-hydrogen) atoms. The second-order valence-corrected chi connectivity index (χ2v) is 8.82. The quantitative estimate of drug-likeness (QED) is 0.301. The topological polar surface area (TPSA) is 123 Å². The molecule has 9 nitrogen and oxygen atoms in total. The fourth-order valence-corrected chi connectivity index (χ4v) is 3.87. The molecule has 5 rings (SSSR count). The molecule has 196 valence electrons. The van der Waals surface area contributed by atoms with Crippen LogP contribution in [0.5, 0.6) is 0 Å². The summed E-state index contributed by atoms with van der Waals surface area (Å²) in [5.41, 5.74) is 2.82. The van der Waals surface area contributed by atoms with Gasteiger partial charge in [0, 0.05) is 18.2 Å². The maximum atomic E-state index is 15.0. The van der Waals surface area contributed by atoms with Crippen molar-refractivity contribution < 1.29 is 28.0 Å². The molecule has 0 radical (unpaired) electrons. The van der Waals surface area contributed by atoms with Gasteiger partial charge in [0.1, 0.15) is 17.7 Å². The summed E-state index contributed by atoms with van der Waals surface area (Å²) in [5.74, 6) is -2.76. The molecule has 0 aliphatic heterocycles. The third-order valence-electron chi connectivity index (χ3n) is 5.98. The van der Waals surface area contributed by atoms with Crippen LogP contribution in [0.2, 0.25) is 0 Å². The first kappa shape index (κ1) is 25.5. The molecule has 0 saturated carbocycles. The van der Waals surface area contributed by atoms with E-state index in [1.165, 1.54) is 59.5 Å². The van der Waals surface area contributed by atoms with Crippen LogP contribution >= 0.6 is 0 Å². The van der Waals surface area contributed by atoms with Crippen molar-refractivity contribution in [2.24, 2.45) is 0 Å². The number of benzene rings is 3. The first-order chi connectivity index (χ1) is 18.8. The van der Waals surface area contributed by atoms with E-state index < -0.39 is 29.6 Å².